The van der Waals surface area contributed by atoms with Crippen molar-refractivity contribution in [1.82, 2.24) is 0 Å². The molecule has 0 aromatic heterocycles. The van der Waals surface area contributed by atoms with Crippen LogP contribution in [0.5, 0.6) is 5.75 Å². The van der Waals surface area contributed by atoms with E-state index in [1.807, 2.05) is 26.0 Å². The third-order valence-corrected chi connectivity index (χ3v) is 4.02. The number of hydrogen-bond donors (Lipinski definition) is 2. The quantitative estimate of drug-likeness (QED) is 0.796. The number of aromatic hydroxyl groups is 1. The van der Waals surface area contributed by atoms with Crippen LogP contribution in [-0.2, 0) is 6.42 Å². The highest BCUT2D eigenvalue weighted by molar-refractivity contribution is 5.59. The van der Waals surface area contributed by atoms with Crippen molar-refractivity contribution in [3.05, 3.63) is 58.7 Å². The fourth-order valence-electron chi connectivity index (χ4n) is 2.57. The molecule has 2 nitrogen and oxygen atoms in total. The van der Waals surface area contributed by atoms with Crippen LogP contribution in [0.15, 0.2) is 36.4 Å². The molecular formula is C19H25NO. The molecule has 1 unspecified atom stereocenters. The Bertz CT molecular complexity index is 602. The molecule has 0 amide bonds. The van der Waals surface area contributed by atoms with Crippen molar-refractivity contribution < 1.29 is 5.11 Å². The molecule has 0 heterocycles. The third kappa shape index (κ3) is 3.57. The predicted molar refractivity (Wildman–Crippen MR) is 90.1 cm³/mol. The van der Waals surface area contributed by atoms with Gasteiger partial charge in [0.05, 0.1) is 0 Å². The van der Waals surface area contributed by atoms with E-state index in [0.717, 1.165) is 23.2 Å². The molecule has 2 rings (SSSR count). The predicted octanol–water partition coefficient (Wildman–Crippen LogP) is 5.13. The van der Waals surface area contributed by atoms with Gasteiger partial charge in [0.1, 0.15) is 5.75 Å². The molecule has 0 aliphatic heterocycles. The fraction of sp³-hybridized carbons (Fsp3) is 0.368. The summed E-state index contributed by atoms with van der Waals surface area (Å²) in [6.45, 7) is 8.21. The van der Waals surface area contributed by atoms with Crippen LogP contribution in [0.25, 0.3) is 0 Å². The van der Waals surface area contributed by atoms with Gasteiger partial charge in [-0.05, 0) is 49.9 Å². The van der Waals surface area contributed by atoms with Crippen molar-refractivity contribution in [2.24, 2.45) is 0 Å². The van der Waals surface area contributed by atoms with E-state index in [-0.39, 0.29) is 6.04 Å². The molecule has 1 atom stereocenters. The number of anilines is 1. The number of aryl methyl sites for hydroxylation is 2. The smallest absolute Gasteiger partial charge is 0.123 e. The molecule has 21 heavy (non-hydrogen) atoms. The van der Waals surface area contributed by atoms with Crippen molar-refractivity contribution in [2.75, 3.05) is 5.32 Å². The Morgan fingerprint density at radius 2 is 1.71 bits per heavy atom. The van der Waals surface area contributed by atoms with Gasteiger partial charge in [-0.1, -0.05) is 43.7 Å². The summed E-state index contributed by atoms with van der Waals surface area (Å²) in [5.74, 6) is 0.380. The number of hydrogen-bond acceptors (Lipinski definition) is 2. The minimum atomic E-state index is 0.210. The van der Waals surface area contributed by atoms with Crippen molar-refractivity contribution >= 4 is 5.69 Å². The van der Waals surface area contributed by atoms with Crippen LogP contribution in [0.4, 0.5) is 5.69 Å². The molecule has 2 N–H and O–H groups in total. The minimum absolute atomic E-state index is 0.210. The summed E-state index contributed by atoms with van der Waals surface area (Å²) in [4.78, 5) is 0. The molecule has 2 aromatic rings. The van der Waals surface area contributed by atoms with Crippen LogP contribution in [0.2, 0.25) is 0 Å². The SMILES string of the molecule is CCCc1ccc(C(C)Nc2ccc(C)c(O)c2C)cc1. The standard InChI is InChI=1S/C19H25NO/c1-5-6-16-8-10-17(11-9-16)15(4)20-18-12-7-13(2)19(21)14(18)3/h7-12,15,20-21H,5-6H2,1-4H3. The first-order valence-electron chi connectivity index (χ1n) is 7.67. The Balaban J connectivity index is 2.14. The summed E-state index contributed by atoms with van der Waals surface area (Å²) in [5, 5.41) is 13.5. The van der Waals surface area contributed by atoms with E-state index in [1.165, 1.54) is 17.5 Å². The van der Waals surface area contributed by atoms with Gasteiger partial charge in [-0.2, -0.15) is 0 Å². The topological polar surface area (TPSA) is 32.3 Å². The largest absolute Gasteiger partial charge is 0.507 e. The highest BCUT2D eigenvalue weighted by Gasteiger charge is 2.10. The van der Waals surface area contributed by atoms with Crippen LogP contribution in [0.3, 0.4) is 0 Å². The van der Waals surface area contributed by atoms with Gasteiger partial charge in [-0.3, -0.25) is 0 Å². The third-order valence-electron chi connectivity index (χ3n) is 4.02. The minimum Gasteiger partial charge on any atom is -0.507 e. The van der Waals surface area contributed by atoms with E-state index in [9.17, 15) is 5.11 Å². The molecule has 2 aromatic carbocycles. The molecular weight excluding hydrogens is 258 g/mol. The van der Waals surface area contributed by atoms with Gasteiger partial charge in [0.2, 0.25) is 0 Å². The maximum atomic E-state index is 10.0. The summed E-state index contributed by atoms with van der Waals surface area (Å²) in [7, 11) is 0. The molecule has 0 radical (unpaired) electrons. The molecule has 0 fully saturated rings. The lowest BCUT2D eigenvalue weighted by Gasteiger charge is -2.19. The average molecular weight is 283 g/mol. The van der Waals surface area contributed by atoms with E-state index >= 15 is 0 Å². The first-order chi connectivity index (χ1) is 10.0. The second kappa shape index (κ2) is 6.66. The van der Waals surface area contributed by atoms with Gasteiger partial charge in [-0.25, -0.2) is 0 Å². The monoisotopic (exact) mass is 283 g/mol. The lowest BCUT2D eigenvalue weighted by atomic mass is 10.0. The highest BCUT2D eigenvalue weighted by atomic mass is 16.3. The van der Waals surface area contributed by atoms with Crippen LogP contribution >= 0.6 is 0 Å². The number of phenolic OH excluding ortho intramolecular Hbond substituents is 1. The highest BCUT2D eigenvalue weighted by Crippen LogP contribution is 2.30. The zero-order valence-corrected chi connectivity index (χ0v) is 13.4. The molecule has 0 aliphatic rings. The summed E-state index contributed by atoms with van der Waals surface area (Å²) < 4.78 is 0. The molecule has 0 spiro atoms. The Hall–Kier alpha value is -1.96. The van der Waals surface area contributed by atoms with Crippen LogP contribution in [0.1, 0.15) is 48.6 Å². The van der Waals surface area contributed by atoms with E-state index < -0.39 is 0 Å². The van der Waals surface area contributed by atoms with Crippen LogP contribution < -0.4 is 5.32 Å². The van der Waals surface area contributed by atoms with E-state index in [0.29, 0.717) is 5.75 Å². The van der Waals surface area contributed by atoms with Gasteiger partial charge in [0.15, 0.2) is 0 Å². The Morgan fingerprint density at radius 3 is 2.33 bits per heavy atom. The van der Waals surface area contributed by atoms with Gasteiger partial charge in [0, 0.05) is 17.3 Å². The average Bonchev–Trinajstić information content (AvgIpc) is 2.49. The van der Waals surface area contributed by atoms with Crippen LogP contribution in [-0.4, -0.2) is 5.11 Å². The van der Waals surface area contributed by atoms with Crippen molar-refractivity contribution in [3.63, 3.8) is 0 Å². The lowest BCUT2D eigenvalue weighted by Crippen LogP contribution is -2.08. The lowest BCUT2D eigenvalue weighted by molar-refractivity contribution is 0.467. The molecule has 112 valence electrons. The second-order valence-corrected chi connectivity index (χ2v) is 5.76. The first-order valence-corrected chi connectivity index (χ1v) is 7.67. The molecule has 0 saturated heterocycles. The van der Waals surface area contributed by atoms with Crippen molar-refractivity contribution in [2.45, 2.75) is 46.6 Å². The fourth-order valence-corrected chi connectivity index (χ4v) is 2.57. The summed E-state index contributed by atoms with van der Waals surface area (Å²) in [6.07, 6.45) is 2.31. The molecule has 0 bridgehead atoms. The molecule has 2 heteroatoms. The van der Waals surface area contributed by atoms with E-state index in [1.54, 1.807) is 0 Å². The van der Waals surface area contributed by atoms with E-state index in [2.05, 4.69) is 43.4 Å². The normalized spacial score (nSPS) is 12.2. The number of rotatable bonds is 5. The van der Waals surface area contributed by atoms with Crippen LogP contribution in [0, 0.1) is 13.8 Å². The summed E-state index contributed by atoms with van der Waals surface area (Å²) in [5.41, 5.74) is 5.45. The zero-order valence-electron chi connectivity index (χ0n) is 13.4. The number of phenols is 1. The van der Waals surface area contributed by atoms with Crippen molar-refractivity contribution in [3.8, 4) is 5.75 Å². The maximum absolute atomic E-state index is 10.0. The summed E-state index contributed by atoms with van der Waals surface area (Å²) in [6, 6.07) is 13.0. The van der Waals surface area contributed by atoms with E-state index in [4.69, 9.17) is 0 Å². The van der Waals surface area contributed by atoms with Gasteiger partial charge >= 0.3 is 0 Å². The number of nitrogens with one attached hydrogen (secondary N) is 1. The Morgan fingerprint density at radius 1 is 1.05 bits per heavy atom. The summed E-state index contributed by atoms with van der Waals surface area (Å²) >= 11 is 0. The van der Waals surface area contributed by atoms with Gasteiger partial charge in [0.25, 0.3) is 0 Å². The van der Waals surface area contributed by atoms with Crippen molar-refractivity contribution in [1.29, 1.82) is 0 Å². The Kier molecular flexibility index (Phi) is 4.89. The zero-order chi connectivity index (χ0) is 15.4. The second-order valence-electron chi connectivity index (χ2n) is 5.76. The first kappa shape index (κ1) is 15.4. The molecule has 0 saturated carbocycles. The van der Waals surface area contributed by atoms with Gasteiger partial charge < -0.3 is 10.4 Å². The maximum Gasteiger partial charge on any atom is 0.123 e. The van der Waals surface area contributed by atoms with Gasteiger partial charge in [-0.15, -0.1) is 0 Å². The Labute approximate surface area is 127 Å². The molecule has 0 aliphatic carbocycles. The number of benzene rings is 2.